The summed E-state index contributed by atoms with van der Waals surface area (Å²) in [7, 11) is -1.34. The molecule has 1 heteroatoms. The average Bonchev–Trinajstić information content (AvgIpc) is 2.95. The molecule has 1 aliphatic heterocycles. The Morgan fingerprint density at radius 3 is 1.80 bits per heavy atom. The third-order valence-electron chi connectivity index (χ3n) is 5.40. The minimum absolute atomic E-state index is 0.502. The molecule has 20 heavy (non-hydrogen) atoms. The van der Waals surface area contributed by atoms with Crippen LogP contribution in [0.1, 0.15) is 93.9 Å². The van der Waals surface area contributed by atoms with Crippen LogP contribution >= 0.6 is 0 Å². The van der Waals surface area contributed by atoms with Crippen LogP contribution in [0.5, 0.6) is 0 Å². The van der Waals surface area contributed by atoms with Gasteiger partial charge in [-0.05, 0) is 28.5 Å². The Balaban J connectivity index is 3.09. The first kappa shape index (κ1) is 18.0. The van der Waals surface area contributed by atoms with E-state index in [0.717, 1.165) is 5.54 Å². The predicted octanol–water partition coefficient (Wildman–Crippen LogP) is 7.27. The van der Waals surface area contributed by atoms with Gasteiger partial charge in [0, 0.05) is 0 Å². The quantitative estimate of drug-likeness (QED) is 0.357. The Morgan fingerprint density at radius 2 is 1.40 bits per heavy atom. The normalized spacial score (nSPS) is 24.2. The lowest BCUT2D eigenvalue weighted by Crippen LogP contribution is -2.40. The minimum atomic E-state index is -1.34. The van der Waals surface area contributed by atoms with Gasteiger partial charge in [0.05, 0.1) is 8.07 Å². The van der Waals surface area contributed by atoms with E-state index in [0.29, 0.717) is 10.1 Å². The third kappa shape index (κ3) is 3.08. The van der Waals surface area contributed by atoms with Crippen molar-refractivity contribution >= 4 is 8.07 Å². The van der Waals surface area contributed by atoms with Gasteiger partial charge in [-0.25, -0.2) is 0 Å². The standard InChI is InChI=1S/C19H38Si/c1-9-11-13-15-17-16(14-12-10-2)20(17,18(3,4)5)19(6,7)8/h15-16H,9-14H2,1-8H3/b17-15+. The molecular weight excluding hydrogens is 256 g/mol. The molecule has 0 aliphatic carbocycles. The maximum absolute atomic E-state index is 2.67. The molecule has 118 valence electrons. The molecule has 0 spiro atoms. The molecule has 0 bridgehead atoms. The van der Waals surface area contributed by atoms with Crippen molar-refractivity contribution in [2.24, 2.45) is 0 Å². The molecule has 1 fully saturated rings. The molecule has 0 aromatic rings. The van der Waals surface area contributed by atoms with Gasteiger partial charge in [0.25, 0.3) is 0 Å². The van der Waals surface area contributed by atoms with Gasteiger partial charge >= 0.3 is 0 Å². The van der Waals surface area contributed by atoms with E-state index < -0.39 is 8.07 Å². The summed E-state index contributed by atoms with van der Waals surface area (Å²) < 4.78 is 0. The highest BCUT2D eigenvalue weighted by molar-refractivity contribution is 7.04. The smallest absolute Gasteiger partial charge is 0.0891 e. The summed E-state index contributed by atoms with van der Waals surface area (Å²) in [5, 5.41) is 2.93. The van der Waals surface area contributed by atoms with Gasteiger partial charge in [0.1, 0.15) is 0 Å². The van der Waals surface area contributed by atoms with Gasteiger partial charge in [-0.3, -0.25) is 0 Å². The van der Waals surface area contributed by atoms with E-state index in [2.05, 4.69) is 61.5 Å². The molecule has 1 unspecified atom stereocenters. The van der Waals surface area contributed by atoms with Crippen LogP contribution in [0, 0.1) is 0 Å². The topological polar surface area (TPSA) is 0 Å². The lowest BCUT2D eigenvalue weighted by molar-refractivity contribution is 0.623. The van der Waals surface area contributed by atoms with E-state index in [1.165, 1.54) is 38.5 Å². The number of rotatable bonds is 6. The molecule has 0 aromatic carbocycles. The lowest BCUT2D eigenvalue weighted by Gasteiger charge is -2.41. The summed E-state index contributed by atoms with van der Waals surface area (Å²) in [6, 6.07) is 0. The zero-order chi connectivity index (χ0) is 15.6. The SMILES string of the molecule is CCCC/C=C1\C(CCCC)[Si]1(C(C)(C)C)C(C)(C)C. The van der Waals surface area contributed by atoms with Gasteiger partial charge in [-0.15, -0.1) is 0 Å². The molecule has 1 saturated heterocycles. The highest BCUT2D eigenvalue weighted by atomic mass is 28.3. The Kier molecular flexibility index (Phi) is 5.74. The molecule has 1 aliphatic rings. The molecule has 0 saturated carbocycles. The number of hydrogen-bond acceptors (Lipinski definition) is 0. The van der Waals surface area contributed by atoms with Crippen LogP contribution in [0.25, 0.3) is 0 Å². The number of allylic oxidation sites excluding steroid dienone is 2. The molecule has 0 N–H and O–H groups in total. The van der Waals surface area contributed by atoms with Crippen LogP contribution in [0.15, 0.2) is 11.3 Å². The summed E-state index contributed by atoms with van der Waals surface area (Å²) in [5.74, 6) is 0. The van der Waals surface area contributed by atoms with Crippen molar-refractivity contribution in [2.45, 2.75) is 110 Å². The number of unbranched alkanes of at least 4 members (excludes halogenated alkanes) is 3. The molecular formula is C19H38Si. The van der Waals surface area contributed by atoms with Crippen molar-refractivity contribution in [3.63, 3.8) is 0 Å². The second kappa shape index (κ2) is 6.38. The zero-order valence-corrected chi connectivity index (χ0v) is 16.4. The van der Waals surface area contributed by atoms with Crippen molar-refractivity contribution < 1.29 is 0 Å². The lowest BCUT2D eigenvalue weighted by atomic mass is 10.2. The van der Waals surface area contributed by atoms with Gasteiger partial charge in [0.15, 0.2) is 0 Å². The Hall–Kier alpha value is -0.0431. The first-order chi connectivity index (χ1) is 9.14. The van der Waals surface area contributed by atoms with Crippen LogP contribution in [-0.4, -0.2) is 8.07 Å². The predicted molar refractivity (Wildman–Crippen MR) is 96.1 cm³/mol. The highest BCUT2D eigenvalue weighted by Gasteiger charge is 2.71. The molecule has 0 nitrogen and oxygen atoms in total. The molecule has 1 rings (SSSR count). The van der Waals surface area contributed by atoms with E-state index in [9.17, 15) is 0 Å². The van der Waals surface area contributed by atoms with Crippen LogP contribution in [0.2, 0.25) is 15.6 Å². The first-order valence-electron chi connectivity index (χ1n) is 8.85. The highest BCUT2D eigenvalue weighted by Crippen LogP contribution is 2.75. The summed E-state index contributed by atoms with van der Waals surface area (Å²) >= 11 is 0. The van der Waals surface area contributed by atoms with E-state index in [-0.39, 0.29) is 0 Å². The number of hydrogen-bond donors (Lipinski definition) is 0. The molecule has 0 aromatic heterocycles. The Morgan fingerprint density at radius 1 is 0.900 bits per heavy atom. The Bertz CT molecular complexity index is 324. The van der Waals surface area contributed by atoms with Crippen molar-refractivity contribution in [1.29, 1.82) is 0 Å². The second-order valence-corrected chi connectivity index (χ2v) is 14.7. The summed E-state index contributed by atoms with van der Waals surface area (Å²) in [6.45, 7) is 19.7. The van der Waals surface area contributed by atoms with Crippen LogP contribution in [0.4, 0.5) is 0 Å². The van der Waals surface area contributed by atoms with Gasteiger partial charge in [-0.2, -0.15) is 0 Å². The maximum atomic E-state index is 2.67. The zero-order valence-electron chi connectivity index (χ0n) is 15.4. The molecule has 1 atom stereocenters. The molecule has 1 heterocycles. The van der Waals surface area contributed by atoms with E-state index in [1.807, 2.05) is 5.20 Å². The fourth-order valence-corrected chi connectivity index (χ4v) is 13.7. The average molecular weight is 295 g/mol. The fraction of sp³-hybridized carbons (Fsp3) is 0.895. The Labute approximate surface area is 129 Å². The van der Waals surface area contributed by atoms with E-state index >= 15 is 0 Å². The summed E-state index contributed by atoms with van der Waals surface area (Å²) in [5.41, 5.74) is 0.972. The van der Waals surface area contributed by atoms with E-state index in [1.54, 1.807) is 0 Å². The molecule has 0 radical (unpaired) electrons. The van der Waals surface area contributed by atoms with Crippen molar-refractivity contribution in [2.75, 3.05) is 0 Å². The third-order valence-corrected chi connectivity index (χ3v) is 12.9. The van der Waals surface area contributed by atoms with Crippen LogP contribution < -0.4 is 0 Å². The summed E-state index contributed by atoms with van der Waals surface area (Å²) in [6.07, 6.45) is 10.9. The van der Waals surface area contributed by atoms with Crippen molar-refractivity contribution in [3.8, 4) is 0 Å². The van der Waals surface area contributed by atoms with E-state index in [4.69, 9.17) is 0 Å². The summed E-state index contributed by atoms with van der Waals surface area (Å²) in [4.78, 5) is 0. The van der Waals surface area contributed by atoms with Gasteiger partial charge in [0.2, 0.25) is 0 Å². The second-order valence-electron chi connectivity index (χ2n) is 8.80. The maximum Gasteiger partial charge on any atom is 0.0983 e. The van der Waals surface area contributed by atoms with Gasteiger partial charge in [-0.1, -0.05) is 92.3 Å². The van der Waals surface area contributed by atoms with Crippen molar-refractivity contribution in [3.05, 3.63) is 11.3 Å². The minimum Gasteiger partial charge on any atom is -0.0891 e. The van der Waals surface area contributed by atoms with Crippen LogP contribution in [-0.2, 0) is 0 Å². The largest absolute Gasteiger partial charge is 0.0983 e. The van der Waals surface area contributed by atoms with Crippen molar-refractivity contribution in [1.82, 2.24) is 0 Å². The van der Waals surface area contributed by atoms with Gasteiger partial charge < -0.3 is 0 Å². The fourth-order valence-electron chi connectivity index (χ4n) is 5.00. The molecule has 0 amide bonds. The van der Waals surface area contributed by atoms with Crippen LogP contribution in [0.3, 0.4) is 0 Å². The monoisotopic (exact) mass is 294 g/mol. The first-order valence-corrected chi connectivity index (χ1v) is 10.9.